The van der Waals surface area contributed by atoms with Gasteiger partial charge >= 0.3 is 0 Å². The van der Waals surface area contributed by atoms with E-state index in [1.54, 1.807) is 23.1 Å². The number of anilines is 1. The second-order valence-electron chi connectivity index (χ2n) is 7.03. The molecule has 0 bridgehead atoms. The highest BCUT2D eigenvalue weighted by Gasteiger charge is 2.21. The van der Waals surface area contributed by atoms with Gasteiger partial charge in [0, 0.05) is 6.26 Å². The van der Waals surface area contributed by atoms with Crippen LogP contribution in [0.3, 0.4) is 0 Å². The van der Waals surface area contributed by atoms with Crippen LogP contribution < -0.4 is 4.90 Å². The van der Waals surface area contributed by atoms with Crippen molar-refractivity contribution >= 4 is 42.4 Å². The third-order valence-electron chi connectivity index (χ3n) is 4.69. The predicted octanol–water partition coefficient (Wildman–Crippen LogP) is 4.48. The van der Waals surface area contributed by atoms with Crippen LogP contribution in [0.2, 0.25) is 0 Å². The van der Waals surface area contributed by atoms with Gasteiger partial charge in [-0.2, -0.15) is 0 Å². The van der Waals surface area contributed by atoms with Gasteiger partial charge in [0.2, 0.25) is 5.91 Å². The molecule has 4 aromatic rings. The lowest BCUT2D eigenvalue weighted by molar-refractivity contribution is -0.118. The molecule has 0 aliphatic carbocycles. The quantitative estimate of drug-likeness (QED) is 0.447. The molecular formula is C23H20N2O3S2. The van der Waals surface area contributed by atoms with Crippen molar-refractivity contribution in [2.45, 2.75) is 17.9 Å². The summed E-state index contributed by atoms with van der Waals surface area (Å²) in [5, 5.41) is 0.556. The molecule has 3 aromatic carbocycles. The summed E-state index contributed by atoms with van der Waals surface area (Å²) in [5.74, 6) is -0.0626. The molecule has 0 N–H and O–H groups in total. The zero-order chi connectivity index (χ0) is 21.1. The van der Waals surface area contributed by atoms with Crippen LogP contribution in [-0.2, 0) is 27.6 Å². The molecule has 1 amide bonds. The number of hydrogen-bond donors (Lipinski definition) is 0. The summed E-state index contributed by atoms with van der Waals surface area (Å²) >= 11 is 1.32. The van der Waals surface area contributed by atoms with Crippen LogP contribution in [0, 0.1) is 0 Å². The van der Waals surface area contributed by atoms with Gasteiger partial charge in [0.25, 0.3) is 0 Å². The zero-order valence-electron chi connectivity index (χ0n) is 16.4. The molecule has 0 atom stereocenters. The monoisotopic (exact) mass is 436 g/mol. The van der Waals surface area contributed by atoms with Gasteiger partial charge in [-0.3, -0.25) is 9.69 Å². The number of carbonyl (C=O) groups is 1. The largest absolute Gasteiger partial charge is 0.283 e. The minimum Gasteiger partial charge on any atom is -0.283 e. The first kappa shape index (κ1) is 20.3. The van der Waals surface area contributed by atoms with Crippen molar-refractivity contribution in [2.75, 3.05) is 11.2 Å². The van der Waals surface area contributed by atoms with Gasteiger partial charge in [0.05, 0.1) is 28.1 Å². The van der Waals surface area contributed by atoms with Crippen molar-refractivity contribution in [2.24, 2.45) is 0 Å². The van der Waals surface area contributed by atoms with Crippen molar-refractivity contribution in [1.82, 2.24) is 4.98 Å². The maximum absolute atomic E-state index is 13.2. The van der Waals surface area contributed by atoms with Gasteiger partial charge in [-0.15, -0.1) is 0 Å². The number of amides is 1. The van der Waals surface area contributed by atoms with Crippen molar-refractivity contribution < 1.29 is 13.2 Å². The molecule has 0 saturated heterocycles. The molecule has 0 aliphatic heterocycles. The lowest BCUT2D eigenvalue weighted by Gasteiger charge is -2.20. The maximum atomic E-state index is 13.2. The third kappa shape index (κ3) is 4.58. The highest BCUT2D eigenvalue weighted by molar-refractivity contribution is 7.90. The minimum atomic E-state index is -3.31. The summed E-state index contributed by atoms with van der Waals surface area (Å²) in [7, 11) is -3.31. The Balaban J connectivity index is 1.72. The van der Waals surface area contributed by atoms with Crippen LogP contribution in [0.4, 0.5) is 5.13 Å². The van der Waals surface area contributed by atoms with E-state index in [1.165, 1.54) is 17.6 Å². The smallest absolute Gasteiger partial charge is 0.233 e. The van der Waals surface area contributed by atoms with Crippen LogP contribution >= 0.6 is 11.3 Å². The standard InChI is InChI=1S/C23H20N2O3S2/c1-30(27,28)19-12-13-20-21(15-19)29-23(24-20)25(16-18-10-6-3-7-11-18)22(26)14-17-8-4-2-5-9-17/h2-13,15H,14,16H2,1H3. The Bertz CT molecular complexity index is 1280. The first-order valence-electron chi connectivity index (χ1n) is 9.39. The number of rotatable bonds is 6. The Morgan fingerprint density at radius 1 is 0.933 bits per heavy atom. The van der Waals surface area contributed by atoms with E-state index >= 15 is 0 Å². The highest BCUT2D eigenvalue weighted by atomic mass is 32.2. The number of benzene rings is 3. The SMILES string of the molecule is CS(=O)(=O)c1ccc2nc(N(Cc3ccccc3)C(=O)Cc3ccccc3)sc2c1. The van der Waals surface area contributed by atoms with E-state index in [-0.39, 0.29) is 17.2 Å². The van der Waals surface area contributed by atoms with Crippen LogP contribution in [0.5, 0.6) is 0 Å². The minimum absolute atomic E-state index is 0.0626. The second-order valence-corrected chi connectivity index (χ2v) is 10.1. The van der Waals surface area contributed by atoms with Gasteiger partial charge < -0.3 is 0 Å². The fourth-order valence-corrected chi connectivity index (χ4v) is 4.88. The summed E-state index contributed by atoms with van der Waals surface area (Å²) in [6, 6.07) is 24.2. The molecule has 0 fully saturated rings. The van der Waals surface area contributed by atoms with Gasteiger partial charge in [0.15, 0.2) is 15.0 Å². The van der Waals surface area contributed by atoms with Crippen molar-refractivity contribution in [3.05, 3.63) is 90.0 Å². The van der Waals surface area contributed by atoms with Crippen LogP contribution in [0.1, 0.15) is 11.1 Å². The number of sulfone groups is 1. The lowest BCUT2D eigenvalue weighted by Crippen LogP contribution is -2.31. The molecule has 0 saturated carbocycles. The van der Waals surface area contributed by atoms with Crippen LogP contribution in [-0.4, -0.2) is 25.6 Å². The average molecular weight is 437 g/mol. The molecular weight excluding hydrogens is 416 g/mol. The summed E-state index contributed by atoms with van der Waals surface area (Å²) in [4.78, 5) is 19.8. The molecule has 4 rings (SSSR count). The van der Waals surface area contributed by atoms with Crippen molar-refractivity contribution in [1.29, 1.82) is 0 Å². The number of fused-ring (bicyclic) bond motifs is 1. The third-order valence-corrected chi connectivity index (χ3v) is 6.84. The van der Waals surface area contributed by atoms with E-state index in [9.17, 15) is 13.2 Å². The maximum Gasteiger partial charge on any atom is 0.233 e. The van der Waals surface area contributed by atoms with E-state index < -0.39 is 9.84 Å². The Morgan fingerprint density at radius 3 is 2.20 bits per heavy atom. The fraction of sp³-hybridized carbons (Fsp3) is 0.130. The van der Waals surface area contributed by atoms with Gasteiger partial charge in [-0.05, 0) is 29.3 Å². The summed E-state index contributed by atoms with van der Waals surface area (Å²) < 4.78 is 24.5. The van der Waals surface area contributed by atoms with E-state index in [1.807, 2.05) is 60.7 Å². The Morgan fingerprint density at radius 2 is 1.57 bits per heavy atom. The predicted molar refractivity (Wildman–Crippen MR) is 121 cm³/mol. The molecule has 0 aliphatic rings. The molecule has 0 spiro atoms. The van der Waals surface area contributed by atoms with Crippen molar-refractivity contribution in [3.63, 3.8) is 0 Å². The number of aromatic nitrogens is 1. The molecule has 0 unspecified atom stereocenters. The van der Waals surface area contributed by atoms with E-state index in [4.69, 9.17) is 0 Å². The fourth-order valence-electron chi connectivity index (χ4n) is 3.13. The van der Waals surface area contributed by atoms with Crippen LogP contribution in [0.25, 0.3) is 10.2 Å². The molecule has 30 heavy (non-hydrogen) atoms. The Labute approximate surface area is 179 Å². The number of thiazole rings is 1. The van der Waals surface area contributed by atoms with Gasteiger partial charge in [-0.25, -0.2) is 13.4 Å². The van der Waals surface area contributed by atoms with Crippen molar-refractivity contribution in [3.8, 4) is 0 Å². The number of hydrogen-bond acceptors (Lipinski definition) is 5. The number of carbonyl (C=O) groups excluding carboxylic acids is 1. The summed E-state index contributed by atoms with van der Waals surface area (Å²) in [6.45, 7) is 0.394. The van der Waals surface area contributed by atoms with Crippen LogP contribution in [0.15, 0.2) is 83.8 Å². The topological polar surface area (TPSA) is 67.3 Å². The van der Waals surface area contributed by atoms with E-state index in [0.717, 1.165) is 15.8 Å². The Hall–Kier alpha value is -3.03. The summed E-state index contributed by atoms with van der Waals surface area (Å²) in [6.07, 6.45) is 1.44. The lowest BCUT2D eigenvalue weighted by atomic mass is 10.1. The summed E-state index contributed by atoms with van der Waals surface area (Å²) in [5.41, 5.74) is 2.60. The molecule has 1 heterocycles. The number of nitrogens with zero attached hydrogens (tertiary/aromatic N) is 2. The molecule has 0 radical (unpaired) electrons. The first-order valence-corrected chi connectivity index (χ1v) is 12.1. The van der Waals surface area contributed by atoms with Gasteiger partial charge in [0.1, 0.15) is 0 Å². The average Bonchev–Trinajstić information content (AvgIpc) is 3.16. The molecule has 152 valence electrons. The first-order chi connectivity index (χ1) is 14.4. The second kappa shape index (κ2) is 8.38. The zero-order valence-corrected chi connectivity index (χ0v) is 18.0. The Kier molecular flexibility index (Phi) is 5.65. The molecule has 5 nitrogen and oxygen atoms in total. The molecule has 7 heteroatoms. The molecule has 1 aromatic heterocycles. The normalized spacial score (nSPS) is 11.5. The van der Waals surface area contributed by atoms with E-state index in [2.05, 4.69) is 4.98 Å². The van der Waals surface area contributed by atoms with Gasteiger partial charge in [-0.1, -0.05) is 72.0 Å². The highest BCUT2D eigenvalue weighted by Crippen LogP contribution is 2.32. The van der Waals surface area contributed by atoms with E-state index in [0.29, 0.717) is 17.2 Å².